The van der Waals surface area contributed by atoms with Crippen LogP contribution in [0.25, 0.3) is 0 Å². The van der Waals surface area contributed by atoms with Gasteiger partial charge in [0.1, 0.15) is 0 Å². The molecule has 0 aromatic rings. The van der Waals surface area contributed by atoms with Gasteiger partial charge in [-0.3, -0.25) is 4.99 Å². The topological polar surface area (TPSA) is 39.7 Å². The summed E-state index contributed by atoms with van der Waals surface area (Å²) in [6.07, 6.45) is 7.83. The Hall–Kier alpha value is -1.21. The number of hydrogen-bond acceptors (Lipinski definition) is 2. The van der Waals surface area contributed by atoms with Gasteiger partial charge in [0.15, 0.2) is 5.96 Å². The Bertz CT molecular complexity index is 293. The van der Waals surface area contributed by atoms with Crippen LogP contribution in [-0.2, 0) is 0 Å². The standard InChI is InChI=1S/C14H26N4/c1-4-9-16-14(15-5-2)17-11-13-8-7-10-18(6-3)12-13/h1,13H,5-12H2,2-3H3,(H2,15,16,17). The first-order valence-corrected chi connectivity index (χ1v) is 6.98. The zero-order chi connectivity index (χ0) is 13.2. The van der Waals surface area contributed by atoms with Gasteiger partial charge in [-0.2, -0.15) is 0 Å². The van der Waals surface area contributed by atoms with Gasteiger partial charge in [0.05, 0.1) is 6.54 Å². The average molecular weight is 250 g/mol. The fraction of sp³-hybridized carbons (Fsp3) is 0.786. The van der Waals surface area contributed by atoms with Gasteiger partial charge in [-0.25, -0.2) is 0 Å². The number of rotatable bonds is 5. The van der Waals surface area contributed by atoms with Gasteiger partial charge in [0.2, 0.25) is 0 Å². The van der Waals surface area contributed by atoms with E-state index in [1.54, 1.807) is 0 Å². The summed E-state index contributed by atoms with van der Waals surface area (Å²) in [6, 6.07) is 0. The van der Waals surface area contributed by atoms with Crippen LogP contribution in [0, 0.1) is 18.3 Å². The lowest BCUT2D eigenvalue weighted by molar-refractivity contribution is 0.186. The second-order valence-corrected chi connectivity index (χ2v) is 4.68. The first kappa shape index (κ1) is 14.8. The van der Waals surface area contributed by atoms with Crippen LogP contribution in [0.1, 0.15) is 26.7 Å². The maximum absolute atomic E-state index is 5.25. The predicted molar refractivity (Wildman–Crippen MR) is 77.7 cm³/mol. The van der Waals surface area contributed by atoms with Crippen molar-refractivity contribution in [1.29, 1.82) is 0 Å². The third-order valence-electron chi connectivity index (χ3n) is 3.26. The lowest BCUT2D eigenvalue weighted by Crippen LogP contribution is -2.39. The molecule has 1 atom stereocenters. The summed E-state index contributed by atoms with van der Waals surface area (Å²) in [5, 5.41) is 6.34. The Morgan fingerprint density at radius 3 is 2.94 bits per heavy atom. The van der Waals surface area contributed by atoms with Crippen molar-refractivity contribution >= 4 is 5.96 Å². The maximum atomic E-state index is 5.25. The lowest BCUT2D eigenvalue weighted by atomic mass is 9.98. The number of hydrogen-bond donors (Lipinski definition) is 2. The minimum atomic E-state index is 0.525. The highest BCUT2D eigenvalue weighted by molar-refractivity contribution is 5.79. The lowest BCUT2D eigenvalue weighted by Gasteiger charge is -2.31. The van der Waals surface area contributed by atoms with Crippen LogP contribution in [-0.4, -0.2) is 50.1 Å². The molecule has 1 aliphatic heterocycles. The summed E-state index contributed by atoms with van der Waals surface area (Å²) in [5.41, 5.74) is 0. The SMILES string of the molecule is C#CCNC(=NCC1CCCN(CC)C1)NCC. The van der Waals surface area contributed by atoms with E-state index >= 15 is 0 Å². The van der Waals surface area contributed by atoms with E-state index in [2.05, 4.69) is 40.3 Å². The average Bonchev–Trinajstić information content (AvgIpc) is 2.42. The summed E-state index contributed by atoms with van der Waals surface area (Å²) >= 11 is 0. The Morgan fingerprint density at radius 1 is 1.44 bits per heavy atom. The third kappa shape index (κ3) is 5.42. The second kappa shape index (κ2) is 8.82. The summed E-state index contributed by atoms with van der Waals surface area (Å²) in [5.74, 6) is 4.09. The maximum Gasteiger partial charge on any atom is 0.192 e. The van der Waals surface area contributed by atoms with Crippen LogP contribution in [0.3, 0.4) is 0 Å². The molecule has 2 N–H and O–H groups in total. The highest BCUT2D eigenvalue weighted by Gasteiger charge is 2.18. The van der Waals surface area contributed by atoms with E-state index < -0.39 is 0 Å². The van der Waals surface area contributed by atoms with Crippen LogP contribution in [0.2, 0.25) is 0 Å². The minimum Gasteiger partial charge on any atom is -0.357 e. The van der Waals surface area contributed by atoms with Crippen LogP contribution in [0.15, 0.2) is 4.99 Å². The predicted octanol–water partition coefficient (Wildman–Crippen LogP) is 0.907. The van der Waals surface area contributed by atoms with Gasteiger partial charge in [-0.1, -0.05) is 12.8 Å². The van der Waals surface area contributed by atoms with Crippen LogP contribution in [0.5, 0.6) is 0 Å². The minimum absolute atomic E-state index is 0.525. The molecule has 1 fully saturated rings. The molecule has 0 aliphatic carbocycles. The Labute approximate surface area is 111 Å². The van der Waals surface area contributed by atoms with Crippen molar-refractivity contribution in [3.63, 3.8) is 0 Å². The van der Waals surface area contributed by atoms with E-state index in [1.807, 2.05) is 0 Å². The van der Waals surface area contributed by atoms with E-state index in [-0.39, 0.29) is 0 Å². The molecule has 0 amide bonds. The monoisotopic (exact) mass is 250 g/mol. The van der Waals surface area contributed by atoms with Gasteiger partial charge in [0, 0.05) is 19.6 Å². The van der Waals surface area contributed by atoms with Crippen molar-refractivity contribution in [1.82, 2.24) is 15.5 Å². The van der Waals surface area contributed by atoms with Crippen LogP contribution >= 0.6 is 0 Å². The van der Waals surface area contributed by atoms with E-state index in [1.165, 1.54) is 25.9 Å². The largest absolute Gasteiger partial charge is 0.357 e. The molecule has 0 aromatic carbocycles. The fourth-order valence-electron chi connectivity index (χ4n) is 2.28. The molecule has 102 valence electrons. The van der Waals surface area contributed by atoms with E-state index in [0.29, 0.717) is 12.5 Å². The highest BCUT2D eigenvalue weighted by atomic mass is 15.2. The summed E-state index contributed by atoms with van der Waals surface area (Å²) < 4.78 is 0. The van der Waals surface area contributed by atoms with Crippen molar-refractivity contribution in [2.75, 3.05) is 39.3 Å². The molecule has 4 nitrogen and oxygen atoms in total. The number of aliphatic imine (C=N–C) groups is 1. The molecule has 1 rings (SSSR count). The second-order valence-electron chi connectivity index (χ2n) is 4.68. The highest BCUT2D eigenvalue weighted by Crippen LogP contribution is 2.16. The van der Waals surface area contributed by atoms with Crippen molar-refractivity contribution in [3.05, 3.63) is 0 Å². The summed E-state index contributed by atoms with van der Waals surface area (Å²) in [4.78, 5) is 7.12. The number of piperidine rings is 1. The Kier molecular flexibility index (Phi) is 7.28. The molecule has 1 aliphatic rings. The normalized spacial score (nSPS) is 21.4. The number of nitrogens with zero attached hydrogens (tertiary/aromatic N) is 2. The molecule has 1 unspecified atom stereocenters. The van der Waals surface area contributed by atoms with Gasteiger partial charge < -0.3 is 15.5 Å². The molecule has 18 heavy (non-hydrogen) atoms. The molecular weight excluding hydrogens is 224 g/mol. The molecule has 0 aromatic heterocycles. The smallest absolute Gasteiger partial charge is 0.192 e. The van der Waals surface area contributed by atoms with Crippen molar-refractivity contribution in [2.45, 2.75) is 26.7 Å². The number of nitrogens with one attached hydrogen (secondary N) is 2. The van der Waals surface area contributed by atoms with E-state index in [0.717, 1.165) is 25.6 Å². The van der Waals surface area contributed by atoms with Crippen molar-refractivity contribution in [2.24, 2.45) is 10.9 Å². The zero-order valence-corrected chi connectivity index (χ0v) is 11.7. The zero-order valence-electron chi connectivity index (χ0n) is 11.7. The van der Waals surface area contributed by atoms with Gasteiger partial charge >= 0.3 is 0 Å². The molecule has 0 spiro atoms. The van der Waals surface area contributed by atoms with Crippen LogP contribution < -0.4 is 10.6 Å². The first-order valence-electron chi connectivity index (χ1n) is 6.98. The molecule has 1 saturated heterocycles. The summed E-state index contributed by atoms with van der Waals surface area (Å²) in [6.45, 7) is 10.1. The number of terminal acetylenes is 1. The van der Waals surface area contributed by atoms with Crippen molar-refractivity contribution < 1.29 is 0 Å². The third-order valence-corrected chi connectivity index (χ3v) is 3.26. The van der Waals surface area contributed by atoms with Gasteiger partial charge in [-0.05, 0) is 38.8 Å². The van der Waals surface area contributed by atoms with Gasteiger partial charge in [0.25, 0.3) is 0 Å². The van der Waals surface area contributed by atoms with Gasteiger partial charge in [-0.15, -0.1) is 6.42 Å². The molecular formula is C14H26N4. The van der Waals surface area contributed by atoms with Crippen molar-refractivity contribution in [3.8, 4) is 12.3 Å². The molecule has 1 heterocycles. The first-order chi connectivity index (χ1) is 8.80. The quantitative estimate of drug-likeness (QED) is 0.433. The Morgan fingerprint density at radius 2 is 2.28 bits per heavy atom. The van der Waals surface area contributed by atoms with Crippen LogP contribution in [0.4, 0.5) is 0 Å². The molecule has 0 saturated carbocycles. The molecule has 0 radical (unpaired) electrons. The number of guanidine groups is 1. The van der Waals surface area contributed by atoms with E-state index in [9.17, 15) is 0 Å². The Balaban J connectivity index is 2.40. The fourth-order valence-corrected chi connectivity index (χ4v) is 2.28. The molecule has 4 heteroatoms. The van der Waals surface area contributed by atoms with E-state index in [4.69, 9.17) is 6.42 Å². The molecule has 0 bridgehead atoms. The number of likely N-dealkylation sites (tertiary alicyclic amines) is 1. The summed E-state index contributed by atoms with van der Waals surface area (Å²) in [7, 11) is 0.